The smallest absolute Gasteiger partial charge is 0.491 e. The molecular formula is C20H13BrF4N2O3S. The summed E-state index contributed by atoms with van der Waals surface area (Å²) in [6.45, 7) is 0.176. The first-order valence-electron chi connectivity index (χ1n) is 8.90. The van der Waals surface area contributed by atoms with Crippen molar-refractivity contribution in [1.82, 2.24) is 10.3 Å². The van der Waals surface area contributed by atoms with Crippen molar-refractivity contribution in [2.75, 3.05) is 6.61 Å². The summed E-state index contributed by atoms with van der Waals surface area (Å²) in [5.41, 5.74) is -0.777. The molecule has 0 radical (unpaired) electrons. The van der Waals surface area contributed by atoms with Crippen LogP contribution < -0.4 is 14.8 Å². The van der Waals surface area contributed by atoms with Gasteiger partial charge < -0.3 is 14.8 Å². The molecule has 3 heterocycles. The highest BCUT2D eigenvalue weighted by atomic mass is 79.9. The van der Waals surface area contributed by atoms with E-state index in [2.05, 4.69) is 31.0 Å². The lowest BCUT2D eigenvalue weighted by Crippen LogP contribution is -2.50. The minimum Gasteiger partial charge on any atom is -0.491 e. The van der Waals surface area contributed by atoms with Crippen molar-refractivity contribution in [1.29, 1.82) is 0 Å². The van der Waals surface area contributed by atoms with Gasteiger partial charge in [0.15, 0.2) is 11.6 Å². The SMILES string of the molecule is O=C(NC1(c2ccc(OC(F)(F)F)c(F)c2)CCOc2cccnc21)c1ccc(Br)s1. The Hall–Kier alpha value is -2.66. The van der Waals surface area contributed by atoms with Gasteiger partial charge in [0.2, 0.25) is 0 Å². The zero-order chi connectivity index (χ0) is 22.2. The first-order valence-corrected chi connectivity index (χ1v) is 10.5. The Bertz CT molecular complexity index is 1140. The van der Waals surface area contributed by atoms with Crippen LogP contribution in [0.25, 0.3) is 0 Å². The van der Waals surface area contributed by atoms with Crippen LogP contribution in [-0.2, 0) is 5.54 Å². The van der Waals surface area contributed by atoms with E-state index in [0.717, 1.165) is 15.9 Å². The van der Waals surface area contributed by atoms with Crippen molar-refractivity contribution in [3.8, 4) is 11.5 Å². The molecular weight excluding hydrogens is 504 g/mol. The molecule has 3 aromatic rings. The Balaban J connectivity index is 1.81. The summed E-state index contributed by atoms with van der Waals surface area (Å²) in [5.74, 6) is -2.23. The molecule has 1 aliphatic rings. The number of fused-ring (bicyclic) bond motifs is 1. The Morgan fingerprint density at radius 2 is 2.06 bits per heavy atom. The fourth-order valence-electron chi connectivity index (χ4n) is 3.40. The average Bonchev–Trinajstić information content (AvgIpc) is 3.15. The van der Waals surface area contributed by atoms with Gasteiger partial charge in [-0.3, -0.25) is 9.78 Å². The number of thiophene rings is 1. The highest BCUT2D eigenvalue weighted by molar-refractivity contribution is 9.11. The number of hydrogen-bond donors (Lipinski definition) is 1. The number of hydrogen-bond acceptors (Lipinski definition) is 5. The highest BCUT2D eigenvalue weighted by Crippen LogP contribution is 2.42. The third-order valence-corrected chi connectivity index (χ3v) is 6.31. The number of benzene rings is 1. The minimum atomic E-state index is -5.03. The van der Waals surface area contributed by atoms with Crippen LogP contribution in [0, 0.1) is 5.82 Å². The van der Waals surface area contributed by atoms with Crippen molar-refractivity contribution < 1.29 is 31.8 Å². The monoisotopic (exact) mass is 516 g/mol. The highest BCUT2D eigenvalue weighted by Gasteiger charge is 2.43. The van der Waals surface area contributed by atoms with Crippen molar-refractivity contribution in [3.05, 3.63) is 74.4 Å². The van der Waals surface area contributed by atoms with Gasteiger partial charge in [-0.25, -0.2) is 4.39 Å². The van der Waals surface area contributed by atoms with Crippen LogP contribution in [0.2, 0.25) is 0 Å². The van der Waals surface area contributed by atoms with E-state index in [9.17, 15) is 22.4 Å². The van der Waals surface area contributed by atoms with E-state index in [1.807, 2.05) is 0 Å². The summed E-state index contributed by atoms with van der Waals surface area (Å²) < 4.78 is 62.3. The zero-order valence-electron chi connectivity index (χ0n) is 15.5. The molecule has 11 heteroatoms. The molecule has 1 atom stereocenters. The average molecular weight is 517 g/mol. The van der Waals surface area contributed by atoms with Gasteiger partial charge in [-0.05, 0) is 57.9 Å². The fraction of sp³-hybridized carbons (Fsp3) is 0.200. The second-order valence-electron chi connectivity index (χ2n) is 6.60. The number of carbonyl (C=O) groups excluding carboxylic acids is 1. The summed E-state index contributed by atoms with van der Waals surface area (Å²) in [7, 11) is 0. The quantitative estimate of drug-likeness (QED) is 0.471. The van der Waals surface area contributed by atoms with E-state index >= 15 is 0 Å². The Kier molecular flexibility index (Phi) is 5.65. The van der Waals surface area contributed by atoms with Gasteiger partial charge in [-0.1, -0.05) is 6.07 Å². The molecule has 1 N–H and O–H groups in total. The second-order valence-corrected chi connectivity index (χ2v) is 9.07. The van der Waals surface area contributed by atoms with Crippen LogP contribution in [0.4, 0.5) is 17.6 Å². The van der Waals surface area contributed by atoms with E-state index in [0.29, 0.717) is 16.3 Å². The Morgan fingerprint density at radius 1 is 1.26 bits per heavy atom. The zero-order valence-corrected chi connectivity index (χ0v) is 17.9. The standard InChI is InChI=1S/C20H13BrF4N2O3S/c21-16-6-5-15(31-16)18(28)27-19(7-9-29-14-2-1-8-26-17(14)19)11-3-4-13(12(22)10-11)30-20(23,24)25/h1-6,8,10H,7,9H2,(H,27,28). The lowest BCUT2D eigenvalue weighted by Gasteiger charge is -2.39. The third kappa shape index (κ3) is 4.38. The molecule has 4 rings (SSSR count). The molecule has 1 amide bonds. The maximum absolute atomic E-state index is 14.6. The van der Waals surface area contributed by atoms with E-state index in [-0.39, 0.29) is 18.6 Å². The molecule has 0 fully saturated rings. The summed E-state index contributed by atoms with van der Waals surface area (Å²) in [6.07, 6.45) is -3.35. The van der Waals surface area contributed by atoms with Crippen molar-refractivity contribution >= 4 is 33.2 Å². The molecule has 1 aliphatic heterocycles. The van der Waals surface area contributed by atoms with Crippen molar-refractivity contribution in [3.63, 3.8) is 0 Å². The number of halogens is 5. The molecule has 162 valence electrons. The minimum absolute atomic E-state index is 0.176. The first-order chi connectivity index (χ1) is 14.7. The molecule has 0 bridgehead atoms. The number of nitrogens with one attached hydrogen (secondary N) is 1. The van der Waals surface area contributed by atoms with E-state index in [1.165, 1.54) is 23.6 Å². The van der Waals surface area contributed by atoms with Crippen LogP contribution in [0.5, 0.6) is 11.5 Å². The summed E-state index contributed by atoms with van der Waals surface area (Å²) in [6, 6.07) is 9.71. The topological polar surface area (TPSA) is 60.5 Å². The lowest BCUT2D eigenvalue weighted by molar-refractivity contribution is -0.275. The van der Waals surface area contributed by atoms with Crippen LogP contribution in [-0.4, -0.2) is 23.9 Å². The molecule has 0 saturated carbocycles. The molecule has 1 aromatic carbocycles. The van der Waals surface area contributed by atoms with Crippen LogP contribution >= 0.6 is 27.3 Å². The van der Waals surface area contributed by atoms with Gasteiger partial charge in [0.05, 0.1) is 15.3 Å². The van der Waals surface area contributed by atoms with Gasteiger partial charge >= 0.3 is 6.36 Å². The summed E-state index contributed by atoms with van der Waals surface area (Å²) >= 11 is 4.51. The Morgan fingerprint density at radius 3 is 2.74 bits per heavy atom. The maximum Gasteiger partial charge on any atom is 0.573 e. The number of amides is 1. The number of pyridine rings is 1. The van der Waals surface area contributed by atoms with Gasteiger partial charge in [0, 0.05) is 12.6 Å². The normalized spacial score (nSPS) is 18.1. The first kappa shape index (κ1) is 21.6. The number of nitrogens with zero attached hydrogens (tertiary/aromatic N) is 1. The van der Waals surface area contributed by atoms with Gasteiger partial charge in [-0.2, -0.15) is 0 Å². The van der Waals surface area contributed by atoms with Crippen LogP contribution in [0.15, 0.2) is 52.4 Å². The molecule has 1 unspecified atom stereocenters. The molecule has 0 saturated heterocycles. The number of ether oxygens (including phenoxy) is 2. The van der Waals surface area contributed by atoms with Crippen molar-refractivity contribution in [2.24, 2.45) is 0 Å². The second kappa shape index (κ2) is 8.12. The van der Waals surface area contributed by atoms with Crippen LogP contribution in [0.1, 0.15) is 27.3 Å². The summed E-state index contributed by atoms with van der Waals surface area (Å²) in [5, 5.41) is 2.91. The predicted octanol–water partition coefficient (Wildman–Crippen LogP) is 5.40. The summed E-state index contributed by atoms with van der Waals surface area (Å²) in [4.78, 5) is 17.7. The van der Waals surface area contributed by atoms with E-state index in [4.69, 9.17) is 4.74 Å². The van der Waals surface area contributed by atoms with Gasteiger partial charge in [0.25, 0.3) is 5.91 Å². The van der Waals surface area contributed by atoms with Crippen molar-refractivity contribution in [2.45, 2.75) is 18.3 Å². The molecule has 0 spiro atoms. The molecule has 5 nitrogen and oxygen atoms in total. The lowest BCUT2D eigenvalue weighted by atomic mass is 9.81. The maximum atomic E-state index is 14.6. The largest absolute Gasteiger partial charge is 0.573 e. The van der Waals surface area contributed by atoms with Gasteiger partial charge in [0.1, 0.15) is 17.0 Å². The Labute approximate surface area is 186 Å². The fourth-order valence-corrected chi connectivity index (χ4v) is 4.68. The third-order valence-electron chi connectivity index (χ3n) is 4.68. The molecule has 0 aliphatic carbocycles. The van der Waals surface area contributed by atoms with Crippen LogP contribution in [0.3, 0.4) is 0 Å². The number of rotatable bonds is 4. The van der Waals surface area contributed by atoms with E-state index < -0.39 is 29.4 Å². The molecule has 31 heavy (non-hydrogen) atoms. The number of carbonyl (C=O) groups is 1. The van der Waals surface area contributed by atoms with Gasteiger partial charge in [-0.15, -0.1) is 24.5 Å². The number of aromatic nitrogens is 1. The molecule has 2 aromatic heterocycles. The van der Waals surface area contributed by atoms with E-state index in [1.54, 1.807) is 24.3 Å². The number of alkyl halides is 3. The predicted molar refractivity (Wildman–Crippen MR) is 108 cm³/mol.